The number of rotatable bonds is 3. The van der Waals surface area contributed by atoms with Gasteiger partial charge in [-0.2, -0.15) is 5.10 Å². The molecule has 4 aromatic heterocycles. The number of imidazole rings is 1. The van der Waals surface area contributed by atoms with Gasteiger partial charge in [0.15, 0.2) is 5.82 Å². The van der Waals surface area contributed by atoms with Crippen molar-refractivity contribution in [2.75, 3.05) is 0 Å². The molecule has 4 N–H and O–H groups in total. The van der Waals surface area contributed by atoms with Gasteiger partial charge in [-0.05, 0) is 42.0 Å². The quantitative estimate of drug-likeness (QED) is 0.315. The second-order valence-electron chi connectivity index (χ2n) is 7.60. The zero-order chi connectivity index (χ0) is 22.5. The van der Waals surface area contributed by atoms with E-state index in [1.165, 1.54) is 18.3 Å². The number of aromatic nitrogens is 6. The Bertz CT molecular complexity index is 1650. The Labute approximate surface area is 185 Å². The lowest BCUT2D eigenvalue weighted by atomic mass is 10.0. The maximum atomic E-state index is 13.9. The predicted octanol–water partition coefficient (Wildman–Crippen LogP) is 4.78. The molecule has 0 fully saturated rings. The van der Waals surface area contributed by atoms with Gasteiger partial charge in [0.05, 0.1) is 22.9 Å². The first-order chi connectivity index (χ1) is 16.0. The van der Waals surface area contributed by atoms with Crippen molar-refractivity contribution in [2.24, 2.45) is 0 Å². The number of nitrogens with one attached hydrogen (secondary N) is 2. The molecule has 6 aromatic rings. The molecule has 0 radical (unpaired) electrons. The van der Waals surface area contributed by atoms with E-state index in [1.807, 2.05) is 18.2 Å². The second kappa shape index (κ2) is 7.13. The summed E-state index contributed by atoms with van der Waals surface area (Å²) in [7, 11) is 0. The van der Waals surface area contributed by atoms with Crippen molar-refractivity contribution in [2.45, 2.75) is 0 Å². The fraction of sp³-hybridized carbons (Fsp3) is 0. The highest BCUT2D eigenvalue weighted by atomic mass is 19.1. The molecule has 0 spiro atoms. The summed E-state index contributed by atoms with van der Waals surface area (Å²) in [6.45, 7) is 0. The van der Waals surface area contributed by atoms with Gasteiger partial charge in [0.25, 0.3) is 0 Å². The van der Waals surface area contributed by atoms with Crippen molar-refractivity contribution in [1.29, 1.82) is 0 Å². The van der Waals surface area contributed by atoms with Crippen molar-refractivity contribution in [3.8, 4) is 45.4 Å². The van der Waals surface area contributed by atoms with Gasteiger partial charge in [0, 0.05) is 35.0 Å². The second-order valence-corrected chi connectivity index (χ2v) is 7.60. The minimum Gasteiger partial charge on any atom is -0.508 e. The number of fused-ring (bicyclic) bond motifs is 2. The van der Waals surface area contributed by atoms with Crippen LogP contribution in [0.5, 0.6) is 11.5 Å². The molecule has 0 atom stereocenters. The molecule has 0 bridgehead atoms. The Kier molecular flexibility index (Phi) is 4.09. The molecule has 9 heteroatoms. The van der Waals surface area contributed by atoms with E-state index in [9.17, 15) is 14.6 Å². The maximum absolute atomic E-state index is 13.9. The molecule has 0 aliphatic carbocycles. The van der Waals surface area contributed by atoms with Crippen molar-refractivity contribution >= 4 is 21.9 Å². The Balaban J connectivity index is 1.51. The third-order valence-corrected chi connectivity index (χ3v) is 5.40. The van der Waals surface area contributed by atoms with Crippen LogP contribution in [0.4, 0.5) is 4.39 Å². The fourth-order valence-corrected chi connectivity index (χ4v) is 3.93. The lowest BCUT2D eigenvalue weighted by Gasteiger charge is -2.03. The van der Waals surface area contributed by atoms with Crippen LogP contribution < -0.4 is 0 Å². The van der Waals surface area contributed by atoms with E-state index in [0.29, 0.717) is 33.8 Å². The van der Waals surface area contributed by atoms with Gasteiger partial charge in [0.1, 0.15) is 28.5 Å². The van der Waals surface area contributed by atoms with Crippen LogP contribution >= 0.6 is 0 Å². The Hall–Kier alpha value is -4.79. The number of phenols is 1. The predicted molar refractivity (Wildman–Crippen MR) is 121 cm³/mol. The zero-order valence-electron chi connectivity index (χ0n) is 16.9. The van der Waals surface area contributed by atoms with Crippen molar-refractivity contribution in [3.63, 3.8) is 0 Å². The topological polar surface area (TPSA) is 124 Å². The van der Waals surface area contributed by atoms with Crippen LogP contribution in [0.2, 0.25) is 0 Å². The molecule has 0 aliphatic rings. The van der Waals surface area contributed by atoms with E-state index in [2.05, 4.69) is 25.1 Å². The number of phenolic OH excluding ortho intramolecular Hbond substituents is 1. The summed E-state index contributed by atoms with van der Waals surface area (Å²) in [5, 5.41) is 27.9. The summed E-state index contributed by atoms with van der Waals surface area (Å²) in [5.74, 6) is -0.156. The minimum atomic E-state index is -0.563. The molecule has 160 valence electrons. The number of benzene rings is 2. The van der Waals surface area contributed by atoms with Crippen LogP contribution in [0.25, 0.3) is 55.8 Å². The van der Waals surface area contributed by atoms with E-state index >= 15 is 0 Å². The highest BCUT2D eigenvalue weighted by molar-refractivity contribution is 5.97. The van der Waals surface area contributed by atoms with Crippen LogP contribution in [0.15, 0.2) is 67.1 Å². The summed E-state index contributed by atoms with van der Waals surface area (Å²) in [5.41, 5.74) is 5.14. The molecule has 0 saturated heterocycles. The van der Waals surface area contributed by atoms with Gasteiger partial charge in [-0.3, -0.25) is 15.1 Å². The highest BCUT2D eigenvalue weighted by Crippen LogP contribution is 2.33. The fourth-order valence-electron chi connectivity index (χ4n) is 3.93. The Morgan fingerprint density at radius 3 is 2.52 bits per heavy atom. The number of hydrogen-bond acceptors (Lipinski definition) is 6. The third kappa shape index (κ3) is 3.23. The van der Waals surface area contributed by atoms with Crippen molar-refractivity contribution < 1.29 is 14.6 Å². The minimum absolute atomic E-state index is 0.0840. The molecule has 0 aliphatic heterocycles. The molecule has 8 nitrogen and oxygen atoms in total. The molecular formula is C24H15FN6O2. The first-order valence-electron chi connectivity index (χ1n) is 10.0. The molecule has 2 aromatic carbocycles. The van der Waals surface area contributed by atoms with Gasteiger partial charge in [-0.15, -0.1) is 0 Å². The third-order valence-electron chi connectivity index (χ3n) is 5.40. The maximum Gasteiger partial charge on any atom is 0.159 e. The van der Waals surface area contributed by atoms with Gasteiger partial charge in [-0.25, -0.2) is 9.37 Å². The Morgan fingerprint density at radius 2 is 1.67 bits per heavy atom. The van der Waals surface area contributed by atoms with Crippen LogP contribution in [-0.2, 0) is 0 Å². The van der Waals surface area contributed by atoms with Crippen molar-refractivity contribution in [3.05, 3.63) is 72.9 Å². The average molecular weight is 438 g/mol. The number of pyridine rings is 2. The van der Waals surface area contributed by atoms with Crippen molar-refractivity contribution in [1.82, 2.24) is 30.1 Å². The molecule has 33 heavy (non-hydrogen) atoms. The summed E-state index contributed by atoms with van der Waals surface area (Å²) in [6.07, 6.45) is 4.65. The zero-order valence-corrected chi connectivity index (χ0v) is 16.9. The van der Waals surface area contributed by atoms with Gasteiger partial charge in [-0.1, -0.05) is 6.07 Å². The highest BCUT2D eigenvalue weighted by Gasteiger charge is 2.17. The standard InChI is InChI=1S/C24H15FN6O2/c25-15-5-13(6-16(32)9-15)21-23-20(3-4-27-21)28-24(29-23)22-18-8-12(1-2-19(18)30-31-22)14-7-17(33)11-26-10-14/h1-11,32-33H,(H,28,29)(H,30,31). The van der Waals surface area contributed by atoms with Crippen LogP contribution in [0.1, 0.15) is 0 Å². The van der Waals surface area contributed by atoms with Crippen LogP contribution in [-0.4, -0.2) is 40.3 Å². The van der Waals surface area contributed by atoms with Gasteiger partial charge >= 0.3 is 0 Å². The SMILES string of the molecule is Oc1cncc(-c2ccc3[nH]nc(-c4nc5c(-c6cc(O)cc(F)c6)nccc5[nH]4)c3c2)c1. The van der Waals surface area contributed by atoms with E-state index in [1.54, 1.807) is 24.5 Å². The number of aromatic hydroxyl groups is 2. The smallest absolute Gasteiger partial charge is 0.159 e. The normalized spacial score (nSPS) is 11.4. The number of halogens is 1. The largest absolute Gasteiger partial charge is 0.508 e. The van der Waals surface area contributed by atoms with E-state index < -0.39 is 5.82 Å². The molecular weight excluding hydrogens is 423 g/mol. The average Bonchev–Trinajstić information content (AvgIpc) is 3.41. The lowest BCUT2D eigenvalue weighted by Crippen LogP contribution is -1.87. The summed E-state index contributed by atoms with van der Waals surface area (Å²) >= 11 is 0. The molecule has 0 amide bonds. The number of aromatic amines is 2. The first-order valence-corrected chi connectivity index (χ1v) is 10.0. The molecule has 4 heterocycles. The number of nitrogens with zero attached hydrogens (tertiary/aromatic N) is 4. The van der Waals surface area contributed by atoms with Crippen LogP contribution in [0.3, 0.4) is 0 Å². The Morgan fingerprint density at radius 1 is 0.788 bits per heavy atom. The monoisotopic (exact) mass is 438 g/mol. The molecule has 0 saturated carbocycles. The van der Waals surface area contributed by atoms with E-state index in [4.69, 9.17) is 4.98 Å². The number of hydrogen-bond donors (Lipinski definition) is 4. The van der Waals surface area contributed by atoms with Crippen LogP contribution in [0, 0.1) is 5.82 Å². The summed E-state index contributed by atoms with van der Waals surface area (Å²) in [6, 6.07) is 13.0. The first kappa shape index (κ1) is 18.9. The molecule has 0 unspecified atom stereocenters. The lowest BCUT2D eigenvalue weighted by molar-refractivity contribution is 0.469. The summed E-state index contributed by atoms with van der Waals surface area (Å²) in [4.78, 5) is 16.4. The number of H-pyrrole nitrogens is 2. The molecule has 6 rings (SSSR count). The van der Waals surface area contributed by atoms with Gasteiger partial charge < -0.3 is 15.2 Å². The van der Waals surface area contributed by atoms with Gasteiger partial charge in [0.2, 0.25) is 0 Å². The summed E-state index contributed by atoms with van der Waals surface area (Å²) < 4.78 is 13.9. The van der Waals surface area contributed by atoms with E-state index in [0.717, 1.165) is 28.1 Å². The van der Waals surface area contributed by atoms with E-state index in [-0.39, 0.29) is 11.5 Å².